The lowest BCUT2D eigenvalue weighted by Gasteiger charge is -2.17. The summed E-state index contributed by atoms with van der Waals surface area (Å²) in [6.07, 6.45) is 0. The van der Waals surface area contributed by atoms with Crippen LogP contribution in [-0.2, 0) is 23.9 Å². The molecule has 0 aliphatic carbocycles. The first-order valence-electron chi connectivity index (χ1n) is 6.37. The number of anilines is 1. The Hall–Kier alpha value is -2.12. The molecule has 0 fully saturated rings. The summed E-state index contributed by atoms with van der Waals surface area (Å²) in [5, 5.41) is 2.99. The molecule has 8 heteroatoms. The van der Waals surface area contributed by atoms with E-state index in [-0.39, 0.29) is 13.2 Å². The molecule has 0 unspecified atom stereocenters. The number of likely N-dealkylation sites (N-methyl/N-ethyl adjacent to an activating group) is 1. The van der Waals surface area contributed by atoms with E-state index in [9.17, 15) is 14.4 Å². The van der Waals surface area contributed by atoms with Gasteiger partial charge in [0.1, 0.15) is 6.61 Å². The van der Waals surface area contributed by atoms with Crippen molar-refractivity contribution in [3.63, 3.8) is 0 Å². The molecule has 7 nitrogen and oxygen atoms in total. The van der Waals surface area contributed by atoms with Crippen LogP contribution in [0.3, 0.4) is 0 Å². The predicted octanol–water partition coefficient (Wildman–Crippen LogP) is 0.927. The highest BCUT2D eigenvalue weighted by molar-refractivity contribution is 6.33. The minimum atomic E-state index is -0.648. The Bertz CT molecular complexity index is 550. The molecule has 0 bridgehead atoms. The molecular formula is C14H17ClN2O5. The van der Waals surface area contributed by atoms with Crippen LogP contribution in [0, 0.1) is 0 Å². The number of nitrogens with one attached hydrogen (secondary N) is 1. The first-order chi connectivity index (χ1) is 10.4. The molecule has 1 aromatic rings. The number of halogens is 1. The normalized spacial score (nSPS) is 9.95. The number of rotatable bonds is 7. The Kier molecular flexibility index (Phi) is 7.34. The standard InChI is InChI=1S/C14H17ClN2O5/c1-17(13(19)8-22-14(20)9-21-2)7-12(18)16-11-6-4-3-5-10(11)15/h3-6H,7-9H2,1-2H3,(H,16,18). The van der Waals surface area contributed by atoms with Crippen LogP contribution in [0.4, 0.5) is 5.69 Å². The second kappa shape index (κ2) is 9.01. The number of nitrogens with zero attached hydrogens (tertiary/aromatic N) is 1. The predicted molar refractivity (Wildman–Crippen MR) is 80.6 cm³/mol. The molecule has 0 aromatic heterocycles. The van der Waals surface area contributed by atoms with Gasteiger partial charge in [0, 0.05) is 14.2 Å². The van der Waals surface area contributed by atoms with Crippen molar-refractivity contribution in [3.05, 3.63) is 29.3 Å². The van der Waals surface area contributed by atoms with Gasteiger partial charge >= 0.3 is 5.97 Å². The molecule has 2 amide bonds. The fraction of sp³-hybridized carbons (Fsp3) is 0.357. The average molecular weight is 329 g/mol. The second-order valence-electron chi connectivity index (χ2n) is 4.37. The molecule has 0 spiro atoms. The molecular weight excluding hydrogens is 312 g/mol. The Morgan fingerprint density at radius 2 is 1.91 bits per heavy atom. The van der Waals surface area contributed by atoms with Crippen LogP contribution in [-0.4, -0.2) is 56.6 Å². The van der Waals surface area contributed by atoms with E-state index in [1.165, 1.54) is 14.2 Å². The van der Waals surface area contributed by atoms with E-state index in [0.717, 1.165) is 4.90 Å². The van der Waals surface area contributed by atoms with Crippen molar-refractivity contribution in [1.82, 2.24) is 4.90 Å². The van der Waals surface area contributed by atoms with Gasteiger partial charge in [0.15, 0.2) is 6.61 Å². The molecule has 0 aliphatic heterocycles. The van der Waals surface area contributed by atoms with E-state index in [0.29, 0.717) is 10.7 Å². The highest BCUT2D eigenvalue weighted by atomic mass is 35.5. The summed E-state index contributed by atoms with van der Waals surface area (Å²) in [4.78, 5) is 35.7. The molecule has 0 heterocycles. The van der Waals surface area contributed by atoms with Crippen LogP contribution in [0.15, 0.2) is 24.3 Å². The maximum Gasteiger partial charge on any atom is 0.332 e. The zero-order valence-electron chi connectivity index (χ0n) is 12.3. The van der Waals surface area contributed by atoms with Gasteiger partial charge in [0.2, 0.25) is 5.91 Å². The zero-order valence-corrected chi connectivity index (χ0v) is 13.1. The lowest BCUT2D eigenvalue weighted by atomic mass is 10.3. The lowest BCUT2D eigenvalue weighted by Crippen LogP contribution is -2.37. The number of methoxy groups -OCH3 is 1. The van der Waals surface area contributed by atoms with Crippen LogP contribution in [0.2, 0.25) is 5.02 Å². The zero-order chi connectivity index (χ0) is 16.5. The molecule has 1 aromatic carbocycles. The van der Waals surface area contributed by atoms with Crippen molar-refractivity contribution in [2.45, 2.75) is 0 Å². The summed E-state index contributed by atoms with van der Waals surface area (Å²) >= 11 is 5.92. The summed E-state index contributed by atoms with van der Waals surface area (Å²) in [5.41, 5.74) is 0.460. The Labute approximate surface area is 133 Å². The highest BCUT2D eigenvalue weighted by Gasteiger charge is 2.15. The van der Waals surface area contributed by atoms with Gasteiger partial charge in [-0.3, -0.25) is 9.59 Å². The summed E-state index contributed by atoms with van der Waals surface area (Å²) in [5.74, 6) is -1.56. The Balaban J connectivity index is 2.42. The SMILES string of the molecule is COCC(=O)OCC(=O)N(C)CC(=O)Nc1ccccc1Cl. The van der Waals surface area contributed by atoms with Gasteiger partial charge in [0.25, 0.3) is 5.91 Å². The van der Waals surface area contributed by atoms with Crippen LogP contribution < -0.4 is 5.32 Å². The minimum absolute atomic E-state index is 0.189. The summed E-state index contributed by atoms with van der Waals surface area (Å²) in [7, 11) is 2.77. The number of hydrogen-bond acceptors (Lipinski definition) is 5. The smallest absolute Gasteiger partial charge is 0.332 e. The van der Waals surface area contributed by atoms with Crippen molar-refractivity contribution in [2.75, 3.05) is 39.2 Å². The summed E-state index contributed by atoms with van der Waals surface area (Å²) < 4.78 is 9.24. The lowest BCUT2D eigenvalue weighted by molar-refractivity contribution is -0.154. The Morgan fingerprint density at radius 1 is 1.23 bits per heavy atom. The summed E-state index contributed by atoms with van der Waals surface area (Å²) in [6.45, 7) is -0.867. The van der Waals surface area contributed by atoms with E-state index in [4.69, 9.17) is 11.6 Å². The van der Waals surface area contributed by atoms with Gasteiger partial charge in [-0.2, -0.15) is 0 Å². The van der Waals surface area contributed by atoms with Gasteiger partial charge in [-0.05, 0) is 12.1 Å². The van der Waals surface area contributed by atoms with Gasteiger partial charge in [0.05, 0.1) is 17.3 Å². The Morgan fingerprint density at radius 3 is 2.55 bits per heavy atom. The molecule has 22 heavy (non-hydrogen) atoms. The molecule has 1 rings (SSSR count). The summed E-state index contributed by atoms with van der Waals surface area (Å²) in [6, 6.07) is 6.75. The van der Waals surface area contributed by atoms with Crippen molar-refractivity contribution in [1.29, 1.82) is 0 Å². The maximum atomic E-state index is 11.8. The van der Waals surface area contributed by atoms with E-state index < -0.39 is 24.4 Å². The molecule has 0 atom stereocenters. The van der Waals surface area contributed by atoms with Crippen molar-refractivity contribution in [2.24, 2.45) is 0 Å². The third kappa shape index (κ3) is 6.11. The van der Waals surface area contributed by atoms with Gasteiger partial charge in [-0.15, -0.1) is 0 Å². The number of carbonyl (C=O) groups excluding carboxylic acids is 3. The molecule has 0 radical (unpaired) electrons. The van der Waals surface area contributed by atoms with E-state index in [2.05, 4.69) is 14.8 Å². The monoisotopic (exact) mass is 328 g/mol. The topological polar surface area (TPSA) is 84.9 Å². The number of hydrogen-bond donors (Lipinski definition) is 1. The van der Waals surface area contributed by atoms with Crippen LogP contribution in [0.1, 0.15) is 0 Å². The minimum Gasteiger partial charge on any atom is -0.454 e. The number of benzene rings is 1. The largest absolute Gasteiger partial charge is 0.454 e. The van der Waals surface area contributed by atoms with Crippen molar-refractivity contribution >= 4 is 35.1 Å². The van der Waals surface area contributed by atoms with Crippen LogP contribution in [0.5, 0.6) is 0 Å². The number of ether oxygens (including phenoxy) is 2. The first kappa shape index (κ1) is 17.9. The fourth-order valence-corrected chi connectivity index (χ4v) is 1.65. The molecule has 1 N–H and O–H groups in total. The van der Waals surface area contributed by atoms with Crippen molar-refractivity contribution < 1.29 is 23.9 Å². The number of carbonyl (C=O) groups is 3. The fourth-order valence-electron chi connectivity index (χ4n) is 1.47. The molecule has 120 valence electrons. The van der Waals surface area contributed by atoms with Crippen LogP contribution >= 0.6 is 11.6 Å². The van der Waals surface area contributed by atoms with Gasteiger partial charge < -0.3 is 19.7 Å². The first-order valence-corrected chi connectivity index (χ1v) is 6.74. The number of amides is 2. The second-order valence-corrected chi connectivity index (χ2v) is 4.78. The maximum absolute atomic E-state index is 11.8. The van der Waals surface area contributed by atoms with E-state index in [1.54, 1.807) is 24.3 Å². The van der Waals surface area contributed by atoms with Gasteiger partial charge in [-0.25, -0.2) is 4.79 Å². The molecule has 0 saturated carbocycles. The number of esters is 1. The highest BCUT2D eigenvalue weighted by Crippen LogP contribution is 2.20. The number of para-hydroxylation sites is 1. The third-order valence-corrected chi connectivity index (χ3v) is 2.90. The van der Waals surface area contributed by atoms with E-state index >= 15 is 0 Å². The third-order valence-electron chi connectivity index (χ3n) is 2.57. The van der Waals surface area contributed by atoms with Crippen molar-refractivity contribution in [3.8, 4) is 0 Å². The van der Waals surface area contributed by atoms with E-state index in [1.807, 2.05) is 0 Å². The average Bonchev–Trinajstić information content (AvgIpc) is 2.47. The molecule has 0 saturated heterocycles. The quantitative estimate of drug-likeness (QED) is 0.753. The van der Waals surface area contributed by atoms with Crippen LogP contribution in [0.25, 0.3) is 0 Å². The molecule has 0 aliphatic rings. The van der Waals surface area contributed by atoms with Gasteiger partial charge in [-0.1, -0.05) is 23.7 Å².